The molecule has 0 radical (unpaired) electrons. The summed E-state index contributed by atoms with van der Waals surface area (Å²) in [4.78, 5) is 14.2. The van der Waals surface area contributed by atoms with E-state index in [1.165, 1.54) is 6.20 Å². The molecule has 1 heterocycles. The summed E-state index contributed by atoms with van der Waals surface area (Å²) in [6, 6.07) is 1.95. The maximum atomic E-state index is 13.3. The van der Waals surface area contributed by atoms with Crippen LogP contribution in [-0.4, -0.2) is 11.5 Å². The maximum absolute atomic E-state index is 13.3. The van der Waals surface area contributed by atoms with Gasteiger partial charge in [-0.15, -0.1) is 0 Å². The number of fused-ring (bicyclic) bond motifs is 1. The van der Waals surface area contributed by atoms with E-state index in [4.69, 9.17) is 0 Å². The Morgan fingerprint density at radius 3 is 2.50 bits per heavy atom. The summed E-state index contributed by atoms with van der Waals surface area (Å²) in [6.07, 6.45) is 1.54. The smallest absolute Gasteiger partial charge is 0.255 e. The number of hydrogen-bond acceptors (Lipinski definition) is 2. The molecular formula is C13H14F2N2O. The topological polar surface area (TPSA) is 44.9 Å². The maximum Gasteiger partial charge on any atom is 0.255 e. The molecule has 0 fully saturated rings. The molecule has 0 saturated heterocycles. The van der Waals surface area contributed by atoms with Gasteiger partial charge < -0.3 is 10.3 Å². The molecule has 96 valence electrons. The van der Waals surface area contributed by atoms with Crippen LogP contribution in [-0.2, 0) is 0 Å². The average molecular weight is 252 g/mol. The third-order valence-electron chi connectivity index (χ3n) is 2.95. The second kappa shape index (κ2) is 4.86. The highest BCUT2D eigenvalue weighted by Crippen LogP contribution is 2.23. The molecule has 0 aliphatic carbocycles. The Bertz CT molecular complexity index is 637. The second-order valence-electron chi connectivity index (χ2n) is 4.16. The Labute approximate surface area is 103 Å². The number of H-pyrrole nitrogens is 1. The van der Waals surface area contributed by atoms with E-state index in [0.717, 1.165) is 24.2 Å². The molecule has 3 nitrogen and oxygen atoms in total. The van der Waals surface area contributed by atoms with Crippen molar-refractivity contribution < 1.29 is 8.78 Å². The van der Waals surface area contributed by atoms with Crippen LogP contribution in [0.3, 0.4) is 0 Å². The highest BCUT2D eigenvalue weighted by molar-refractivity contribution is 5.85. The fourth-order valence-electron chi connectivity index (χ4n) is 2.05. The lowest BCUT2D eigenvalue weighted by molar-refractivity contribution is 0.510. The van der Waals surface area contributed by atoms with Gasteiger partial charge in [-0.1, -0.05) is 6.92 Å². The molecule has 0 aliphatic heterocycles. The van der Waals surface area contributed by atoms with Crippen LogP contribution in [0.1, 0.15) is 25.5 Å². The molecule has 1 unspecified atom stereocenters. The Morgan fingerprint density at radius 1 is 1.28 bits per heavy atom. The zero-order chi connectivity index (χ0) is 13.3. The summed E-state index contributed by atoms with van der Waals surface area (Å²) in [5, 5.41) is 3.77. The van der Waals surface area contributed by atoms with Gasteiger partial charge >= 0.3 is 0 Å². The van der Waals surface area contributed by atoms with Crippen LogP contribution < -0.4 is 10.9 Å². The van der Waals surface area contributed by atoms with Crippen molar-refractivity contribution in [2.24, 2.45) is 0 Å². The van der Waals surface area contributed by atoms with Crippen molar-refractivity contribution in [1.82, 2.24) is 10.3 Å². The fourth-order valence-corrected chi connectivity index (χ4v) is 2.05. The number of aromatic nitrogens is 1. The molecule has 0 bridgehead atoms. The van der Waals surface area contributed by atoms with Crippen molar-refractivity contribution in [2.75, 3.05) is 6.54 Å². The van der Waals surface area contributed by atoms with Crippen LogP contribution >= 0.6 is 0 Å². The first-order valence-electron chi connectivity index (χ1n) is 5.78. The molecule has 18 heavy (non-hydrogen) atoms. The first-order valence-corrected chi connectivity index (χ1v) is 5.78. The molecule has 1 aromatic heterocycles. The highest BCUT2D eigenvalue weighted by atomic mass is 19.2. The summed E-state index contributed by atoms with van der Waals surface area (Å²) in [5.41, 5.74) is 0.321. The minimum atomic E-state index is -1.01. The van der Waals surface area contributed by atoms with Crippen molar-refractivity contribution in [3.8, 4) is 0 Å². The van der Waals surface area contributed by atoms with Gasteiger partial charge in [0.2, 0.25) is 0 Å². The number of halogens is 2. The highest BCUT2D eigenvalue weighted by Gasteiger charge is 2.13. The fraction of sp³-hybridized carbons (Fsp3) is 0.308. The van der Waals surface area contributed by atoms with E-state index >= 15 is 0 Å². The molecule has 1 atom stereocenters. The molecular weight excluding hydrogens is 238 g/mol. The van der Waals surface area contributed by atoms with Crippen LogP contribution in [0.25, 0.3) is 10.8 Å². The predicted molar refractivity (Wildman–Crippen MR) is 66.6 cm³/mol. The lowest BCUT2D eigenvalue weighted by Gasteiger charge is -2.15. The van der Waals surface area contributed by atoms with Gasteiger partial charge in [-0.25, -0.2) is 8.78 Å². The van der Waals surface area contributed by atoms with Gasteiger partial charge in [0.25, 0.3) is 5.56 Å². The van der Waals surface area contributed by atoms with Crippen LogP contribution in [0.4, 0.5) is 8.78 Å². The number of rotatable bonds is 3. The van der Waals surface area contributed by atoms with Crippen molar-refractivity contribution in [3.63, 3.8) is 0 Å². The first kappa shape index (κ1) is 12.7. The Balaban J connectivity index is 2.72. The molecule has 2 aromatic rings. The van der Waals surface area contributed by atoms with E-state index in [-0.39, 0.29) is 11.4 Å². The standard InChI is InChI=1S/C13H14F2N2O/c1-3-16-7(2)10-6-17-13(18)9-5-12(15)11(14)4-8(9)10/h4-7,16H,3H2,1-2H3,(H,17,18). The number of aromatic amines is 1. The van der Waals surface area contributed by atoms with Gasteiger partial charge in [0, 0.05) is 12.2 Å². The Hall–Kier alpha value is -1.75. The zero-order valence-corrected chi connectivity index (χ0v) is 10.2. The summed E-state index contributed by atoms with van der Waals surface area (Å²) in [6.45, 7) is 4.59. The number of nitrogens with one attached hydrogen (secondary N) is 2. The lowest BCUT2D eigenvalue weighted by atomic mass is 10.0. The number of benzene rings is 1. The van der Waals surface area contributed by atoms with Gasteiger partial charge in [-0.05, 0) is 36.6 Å². The molecule has 0 amide bonds. The van der Waals surface area contributed by atoms with E-state index < -0.39 is 17.2 Å². The van der Waals surface area contributed by atoms with Gasteiger partial charge in [0.1, 0.15) is 0 Å². The van der Waals surface area contributed by atoms with Gasteiger partial charge in [-0.2, -0.15) is 0 Å². The summed E-state index contributed by atoms with van der Waals surface area (Å²) in [5.74, 6) is -1.96. The van der Waals surface area contributed by atoms with Crippen molar-refractivity contribution in [2.45, 2.75) is 19.9 Å². The minimum Gasteiger partial charge on any atom is -0.328 e. The summed E-state index contributed by atoms with van der Waals surface area (Å²) >= 11 is 0. The summed E-state index contributed by atoms with van der Waals surface area (Å²) in [7, 11) is 0. The van der Waals surface area contributed by atoms with E-state index in [1.54, 1.807) is 0 Å². The second-order valence-corrected chi connectivity index (χ2v) is 4.16. The minimum absolute atomic E-state index is 0.0563. The SMILES string of the molecule is CCNC(C)c1c[nH]c(=O)c2cc(F)c(F)cc12. The van der Waals surface area contributed by atoms with Gasteiger partial charge in [0.05, 0.1) is 5.39 Å². The molecule has 0 spiro atoms. The van der Waals surface area contributed by atoms with Gasteiger partial charge in [0.15, 0.2) is 11.6 Å². The molecule has 2 N–H and O–H groups in total. The van der Waals surface area contributed by atoms with Crippen LogP contribution in [0, 0.1) is 11.6 Å². The zero-order valence-electron chi connectivity index (χ0n) is 10.2. The third kappa shape index (κ3) is 2.13. The van der Waals surface area contributed by atoms with Crippen molar-refractivity contribution in [1.29, 1.82) is 0 Å². The molecule has 0 saturated carbocycles. The molecule has 1 aromatic carbocycles. The van der Waals surface area contributed by atoms with Crippen LogP contribution in [0.2, 0.25) is 0 Å². The molecule has 2 rings (SSSR count). The van der Waals surface area contributed by atoms with Gasteiger partial charge in [-0.3, -0.25) is 4.79 Å². The van der Waals surface area contributed by atoms with E-state index in [1.807, 2.05) is 13.8 Å². The van der Waals surface area contributed by atoms with E-state index in [9.17, 15) is 13.6 Å². The molecule has 5 heteroatoms. The number of hydrogen-bond donors (Lipinski definition) is 2. The lowest BCUT2D eigenvalue weighted by Crippen LogP contribution is -2.20. The quantitative estimate of drug-likeness (QED) is 0.881. The molecule has 0 aliphatic rings. The van der Waals surface area contributed by atoms with E-state index in [2.05, 4.69) is 10.3 Å². The largest absolute Gasteiger partial charge is 0.328 e. The van der Waals surface area contributed by atoms with Crippen molar-refractivity contribution in [3.05, 3.63) is 45.9 Å². The average Bonchev–Trinajstić information content (AvgIpc) is 2.32. The Morgan fingerprint density at radius 2 is 1.89 bits per heavy atom. The normalized spacial score (nSPS) is 12.9. The summed E-state index contributed by atoms with van der Waals surface area (Å²) < 4.78 is 26.5. The monoisotopic (exact) mass is 252 g/mol. The first-order chi connectivity index (χ1) is 8.54. The van der Waals surface area contributed by atoms with Crippen LogP contribution in [0.5, 0.6) is 0 Å². The van der Waals surface area contributed by atoms with Crippen molar-refractivity contribution >= 4 is 10.8 Å². The van der Waals surface area contributed by atoms with E-state index in [0.29, 0.717) is 5.39 Å². The Kier molecular flexibility index (Phi) is 3.43. The number of pyridine rings is 1. The van der Waals surface area contributed by atoms with Crippen LogP contribution in [0.15, 0.2) is 23.1 Å². The predicted octanol–water partition coefficient (Wildman–Crippen LogP) is 2.48. The third-order valence-corrected chi connectivity index (χ3v) is 2.95.